The molecule has 5 aliphatic carbocycles. The largest absolute Gasteiger partial charge is 0.481 e. The van der Waals surface area contributed by atoms with Crippen molar-refractivity contribution >= 4 is 23.4 Å². The highest BCUT2D eigenvalue weighted by Gasteiger charge is 2.72. The molecule has 0 aromatic rings. The maximum Gasteiger partial charge on any atom is 0.309 e. The number of aliphatic carboxylic acids is 1. The van der Waals surface area contributed by atoms with Crippen LogP contribution in [0.25, 0.3) is 0 Å². The van der Waals surface area contributed by atoms with Crippen LogP contribution in [0.1, 0.15) is 93.9 Å². The Balaban J connectivity index is 1.73. The first-order chi connectivity index (χ1) is 17.8. The van der Waals surface area contributed by atoms with Gasteiger partial charge in [-0.3, -0.25) is 24.4 Å². The summed E-state index contributed by atoms with van der Waals surface area (Å²) in [5.41, 5.74) is -0.929. The molecule has 1 unspecified atom stereocenters. The van der Waals surface area contributed by atoms with Crippen LogP contribution < -0.4 is 5.48 Å². The van der Waals surface area contributed by atoms with Crippen LogP contribution in [-0.4, -0.2) is 33.8 Å². The normalized spacial score (nSPS) is 46.0. The Morgan fingerprint density at radius 3 is 2.15 bits per heavy atom. The van der Waals surface area contributed by atoms with Crippen molar-refractivity contribution in [3.05, 3.63) is 23.3 Å². The fourth-order valence-electron chi connectivity index (χ4n) is 10.5. The van der Waals surface area contributed by atoms with E-state index in [-0.39, 0.29) is 40.3 Å². The van der Waals surface area contributed by atoms with Gasteiger partial charge in [-0.2, -0.15) is 0 Å². The van der Waals surface area contributed by atoms with Gasteiger partial charge in [0, 0.05) is 16.7 Å². The molecule has 39 heavy (non-hydrogen) atoms. The first kappa shape index (κ1) is 28.3. The van der Waals surface area contributed by atoms with E-state index in [0.717, 1.165) is 24.8 Å². The number of carbonyl (C=O) groups is 4. The van der Waals surface area contributed by atoms with Crippen molar-refractivity contribution < 1.29 is 29.5 Å². The van der Waals surface area contributed by atoms with Gasteiger partial charge in [0.15, 0.2) is 11.6 Å². The number of hydroxylamine groups is 1. The van der Waals surface area contributed by atoms with Gasteiger partial charge in [0.2, 0.25) is 0 Å². The Morgan fingerprint density at radius 1 is 0.949 bits per heavy atom. The van der Waals surface area contributed by atoms with Crippen LogP contribution in [0.4, 0.5) is 0 Å². The summed E-state index contributed by atoms with van der Waals surface area (Å²) in [6, 6.07) is 0. The predicted octanol–water partition coefficient (Wildman–Crippen LogP) is 5.52. The Hall–Kier alpha value is -2.28. The highest BCUT2D eigenvalue weighted by molar-refractivity contribution is 6.21. The minimum Gasteiger partial charge on any atom is -0.481 e. The summed E-state index contributed by atoms with van der Waals surface area (Å²) in [5, 5.41) is 20.0. The number of carboxylic acids is 1. The van der Waals surface area contributed by atoms with E-state index in [4.69, 9.17) is 0 Å². The molecule has 5 rings (SSSR count). The Kier molecular flexibility index (Phi) is 5.90. The van der Waals surface area contributed by atoms with Crippen molar-refractivity contribution in [3.8, 4) is 0 Å². The standard InChI is InChI=1S/C32H45NO6/c1-17-22-23-19(34)15-21-29(6)16-18(25(36)33-39)24(35)28(4,5)20(29)9-10-30(21,7)31(23,8)12-14-32(22,26(37)38)13-11-27(17,2)3/h15-17,20,22-23,39H,9-14H2,1-8H3,(H,33,36)(H,37,38)/t17?,20-,22-,23+,29-,30+,31+,32-/m0/s1. The van der Waals surface area contributed by atoms with Gasteiger partial charge in [-0.15, -0.1) is 0 Å². The van der Waals surface area contributed by atoms with E-state index in [1.165, 1.54) is 0 Å². The van der Waals surface area contributed by atoms with Gasteiger partial charge < -0.3 is 5.11 Å². The predicted molar refractivity (Wildman–Crippen MR) is 145 cm³/mol. The fraction of sp³-hybridized carbons (Fsp3) is 0.750. The van der Waals surface area contributed by atoms with Crippen molar-refractivity contribution in [1.29, 1.82) is 0 Å². The number of hydrogen-bond donors (Lipinski definition) is 3. The Morgan fingerprint density at radius 2 is 1.56 bits per heavy atom. The molecule has 3 N–H and O–H groups in total. The third-order valence-corrected chi connectivity index (χ3v) is 13.4. The molecular weight excluding hydrogens is 494 g/mol. The highest BCUT2D eigenvalue weighted by Crippen LogP contribution is 2.75. The zero-order valence-corrected chi connectivity index (χ0v) is 24.7. The molecule has 0 aromatic heterocycles. The summed E-state index contributed by atoms with van der Waals surface area (Å²) >= 11 is 0. The number of carbonyl (C=O) groups excluding carboxylic acids is 3. The van der Waals surface area contributed by atoms with Crippen LogP contribution >= 0.6 is 0 Å². The van der Waals surface area contributed by atoms with Crippen LogP contribution in [0.3, 0.4) is 0 Å². The lowest BCUT2D eigenvalue weighted by atomic mass is 9.33. The molecule has 0 saturated heterocycles. The molecule has 7 heteroatoms. The zero-order chi connectivity index (χ0) is 29.1. The number of amides is 1. The van der Waals surface area contributed by atoms with E-state index in [0.29, 0.717) is 19.3 Å². The molecule has 5 aliphatic rings. The summed E-state index contributed by atoms with van der Waals surface area (Å²) in [6.07, 6.45) is 7.64. The first-order valence-corrected chi connectivity index (χ1v) is 14.6. The van der Waals surface area contributed by atoms with E-state index < -0.39 is 44.9 Å². The highest BCUT2D eigenvalue weighted by atomic mass is 16.5. The van der Waals surface area contributed by atoms with Gasteiger partial charge in [-0.1, -0.05) is 67.0 Å². The van der Waals surface area contributed by atoms with Gasteiger partial charge >= 0.3 is 5.97 Å². The second kappa shape index (κ2) is 8.14. The lowest BCUT2D eigenvalue weighted by molar-refractivity contribution is -0.199. The number of allylic oxidation sites excluding steroid dienone is 3. The molecule has 214 valence electrons. The summed E-state index contributed by atoms with van der Waals surface area (Å²) in [7, 11) is 0. The summed E-state index contributed by atoms with van der Waals surface area (Å²) in [5.74, 6) is -2.63. The maximum absolute atomic E-state index is 14.4. The quantitative estimate of drug-likeness (QED) is 0.241. The first-order valence-electron chi connectivity index (χ1n) is 14.6. The lowest BCUT2D eigenvalue weighted by Gasteiger charge is -2.69. The van der Waals surface area contributed by atoms with Crippen molar-refractivity contribution in [1.82, 2.24) is 5.48 Å². The third-order valence-electron chi connectivity index (χ3n) is 13.4. The lowest BCUT2D eigenvalue weighted by Crippen LogP contribution is -2.67. The minimum atomic E-state index is -0.900. The Labute approximate surface area is 231 Å². The number of ketones is 2. The molecule has 0 heterocycles. The van der Waals surface area contributed by atoms with E-state index in [1.54, 1.807) is 17.6 Å². The van der Waals surface area contributed by atoms with Crippen LogP contribution in [0, 0.1) is 56.2 Å². The number of nitrogens with one attached hydrogen (secondary N) is 1. The van der Waals surface area contributed by atoms with Gasteiger partial charge in [0.1, 0.15) is 0 Å². The maximum atomic E-state index is 14.4. The van der Waals surface area contributed by atoms with Crippen LogP contribution in [0.15, 0.2) is 23.3 Å². The van der Waals surface area contributed by atoms with Crippen LogP contribution in [0.2, 0.25) is 0 Å². The number of Topliss-reactive ketones (excluding diaryl/α,β-unsaturated/α-hetero) is 1. The average molecular weight is 540 g/mol. The molecule has 7 nitrogen and oxygen atoms in total. The zero-order valence-electron chi connectivity index (χ0n) is 24.7. The van der Waals surface area contributed by atoms with E-state index in [9.17, 15) is 29.5 Å². The van der Waals surface area contributed by atoms with Gasteiger partial charge in [-0.05, 0) is 78.6 Å². The van der Waals surface area contributed by atoms with Gasteiger partial charge in [-0.25, -0.2) is 5.48 Å². The molecule has 1 amide bonds. The molecule has 0 aliphatic heterocycles. The minimum absolute atomic E-state index is 0.0111. The number of rotatable bonds is 2. The van der Waals surface area contributed by atoms with Crippen molar-refractivity contribution in [3.63, 3.8) is 0 Å². The van der Waals surface area contributed by atoms with E-state index in [1.807, 2.05) is 20.8 Å². The van der Waals surface area contributed by atoms with Crippen LogP contribution in [-0.2, 0) is 19.2 Å². The van der Waals surface area contributed by atoms with Crippen molar-refractivity contribution in [2.45, 2.75) is 93.9 Å². The van der Waals surface area contributed by atoms with Gasteiger partial charge in [0.25, 0.3) is 5.91 Å². The fourth-order valence-corrected chi connectivity index (χ4v) is 10.5. The van der Waals surface area contributed by atoms with Gasteiger partial charge in [0.05, 0.1) is 11.0 Å². The number of carboxylic acid groups (broad SMARTS) is 1. The van der Waals surface area contributed by atoms with Crippen molar-refractivity contribution in [2.24, 2.45) is 56.2 Å². The second-order valence-corrected chi connectivity index (χ2v) is 15.4. The Bertz CT molecular complexity index is 1240. The molecular formula is C32H45NO6. The number of hydrogen-bond acceptors (Lipinski definition) is 5. The number of fused-ring (bicyclic) bond motifs is 7. The average Bonchev–Trinajstić information content (AvgIpc) is 2.85. The van der Waals surface area contributed by atoms with Crippen molar-refractivity contribution in [2.75, 3.05) is 0 Å². The molecule has 0 spiro atoms. The smallest absolute Gasteiger partial charge is 0.309 e. The van der Waals surface area contributed by atoms with Crippen LogP contribution in [0.5, 0.6) is 0 Å². The molecule has 0 bridgehead atoms. The molecule has 8 atom stereocenters. The summed E-state index contributed by atoms with van der Waals surface area (Å²) < 4.78 is 0. The molecule has 0 radical (unpaired) electrons. The monoisotopic (exact) mass is 539 g/mol. The molecule has 0 aromatic carbocycles. The van der Waals surface area contributed by atoms with E-state index >= 15 is 0 Å². The third kappa shape index (κ3) is 3.25. The SMILES string of the molecule is CC1[C@H]2[C@H]3C(=O)C=C4[C@@]5(C)C=C(C(=O)NO)C(=O)C(C)(C)[C@@H]5CC[C@@]4(C)[C@]3(C)CC[C@@]2(C(=O)O)CCC1(C)C. The second-order valence-electron chi connectivity index (χ2n) is 15.4. The van der Waals surface area contributed by atoms with E-state index in [2.05, 4.69) is 34.6 Å². The summed E-state index contributed by atoms with van der Waals surface area (Å²) in [4.78, 5) is 53.5. The molecule has 3 saturated carbocycles. The molecule has 3 fully saturated rings. The topological polar surface area (TPSA) is 121 Å². The summed E-state index contributed by atoms with van der Waals surface area (Å²) in [6.45, 7) is 16.8.